The normalized spacial score (nSPS) is 28.5. The van der Waals surface area contributed by atoms with Crippen LogP contribution in [0.5, 0.6) is 0 Å². The molecule has 6 heterocycles. The number of aromatic nitrogens is 6. The summed E-state index contributed by atoms with van der Waals surface area (Å²) in [5, 5.41) is 17.0. The Hall–Kier alpha value is -3.05. The fourth-order valence-corrected chi connectivity index (χ4v) is 8.63. The second-order valence-corrected chi connectivity index (χ2v) is 14.1. The minimum Gasteiger partial charge on any atom is -0.355 e. The van der Waals surface area contributed by atoms with E-state index in [1.807, 2.05) is 9.08 Å². The molecular weight excluding hydrogens is 552 g/mol. The second-order valence-electron chi connectivity index (χ2n) is 14.1. The predicted octanol–water partition coefficient (Wildman–Crippen LogP) is 4.54. The summed E-state index contributed by atoms with van der Waals surface area (Å²) in [7, 11) is 0. The van der Waals surface area contributed by atoms with Crippen molar-refractivity contribution < 1.29 is 4.79 Å². The summed E-state index contributed by atoms with van der Waals surface area (Å²) in [6.45, 7) is 5.53. The van der Waals surface area contributed by atoms with E-state index < -0.39 is 0 Å². The first-order valence-electron chi connectivity index (χ1n) is 17.3. The fraction of sp³-hybridized carbons (Fsp3) is 0.727. The number of nitrogens with one attached hydrogen (secondary N) is 1. The first-order valence-corrected chi connectivity index (χ1v) is 17.3. The Labute approximate surface area is 261 Å². The lowest BCUT2D eigenvalue weighted by Crippen LogP contribution is -2.56. The predicted molar refractivity (Wildman–Crippen MR) is 170 cm³/mol. The van der Waals surface area contributed by atoms with Crippen molar-refractivity contribution in [2.75, 3.05) is 31.1 Å². The average Bonchev–Trinajstić information content (AvgIpc) is 3.81. The molecule has 1 spiro atoms. The number of nitrogens with two attached hydrogens (primary N) is 1. The van der Waals surface area contributed by atoms with E-state index in [1.54, 1.807) is 12.7 Å². The van der Waals surface area contributed by atoms with Crippen molar-refractivity contribution in [2.24, 2.45) is 17.1 Å². The number of likely N-dealkylation sites (tertiary alicyclic amines) is 1. The smallest absolute Gasteiger partial charge is 0.226 e. The molecule has 3 aromatic rings. The molecule has 11 heteroatoms. The average molecular weight is 603 g/mol. The van der Waals surface area contributed by atoms with Gasteiger partial charge in [-0.2, -0.15) is 5.10 Å². The maximum atomic E-state index is 15.0. The lowest BCUT2D eigenvalue weighted by atomic mass is 9.64. The van der Waals surface area contributed by atoms with Gasteiger partial charge in [0.15, 0.2) is 5.65 Å². The van der Waals surface area contributed by atoms with Crippen molar-refractivity contribution >= 4 is 17.4 Å². The minimum absolute atomic E-state index is 0.0238. The number of fused-ring (bicyclic) bond motifs is 1. The van der Waals surface area contributed by atoms with Gasteiger partial charge in [-0.3, -0.25) is 10.1 Å². The molecule has 4 aliphatic rings. The molecule has 11 nitrogen and oxygen atoms in total. The third-order valence-electron chi connectivity index (χ3n) is 11.1. The molecule has 1 saturated carbocycles. The number of amides is 1. The van der Waals surface area contributed by atoms with Gasteiger partial charge in [0.05, 0.1) is 17.9 Å². The van der Waals surface area contributed by atoms with Crippen molar-refractivity contribution in [3.05, 3.63) is 36.2 Å². The van der Waals surface area contributed by atoms with Gasteiger partial charge in [-0.1, -0.05) is 44.9 Å². The molecule has 3 saturated heterocycles. The van der Waals surface area contributed by atoms with Crippen molar-refractivity contribution in [3.8, 4) is 0 Å². The summed E-state index contributed by atoms with van der Waals surface area (Å²) in [5.74, 6) is 1.28. The number of hydrogen-bond acceptors (Lipinski definition) is 8. The monoisotopic (exact) mass is 602 g/mol. The van der Waals surface area contributed by atoms with Gasteiger partial charge in [-0.05, 0) is 57.3 Å². The van der Waals surface area contributed by atoms with Gasteiger partial charge in [0.1, 0.15) is 18.5 Å². The van der Waals surface area contributed by atoms with E-state index in [2.05, 4.69) is 44.5 Å². The molecule has 238 valence electrons. The number of nitrogens with zero attached hydrogens (tertiary/aromatic N) is 8. The number of hydrogen-bond donors (Lipinski definition) is 2. The zero-order chi connectivity index (χ0) is 30.1. The fourth-order valence-electron chi connectivity index (χ4n) is 8.63. The largest absolute Gasteiger partial charge is 0.355 e. The molecule has 1 amide bonds. The molecule has 3 N–H and O–H groups in total. The van der Waals surface area contributed by atoms with Crippen LogP contribution in [-0.4, -0.2) is 72.4 Å². The van der Waals surface area contributed by atoms with Crippen LogP contribution in [0.4, 0.5) is 5.82 Å². The van der Waals surface area contributed by atoms with Crippen LogP contribution in [-0.2, 0) is 4.79 Å². The summed E-state index contributed by atoms with van der Waals surface area (Å²) in [6, 6.07) is 2.29. The Bertz CT molecular complexity index is 1410. The highest BCUT2D eigenvalue weighted by Crippen LogP contribution is 2.48. The zero-order valence-electron chi connectivity index (χ0n) is 26.4. The van der Waals surface area contributed by atoms with Crippen LogP contribution in [0.3, 0.4) is 0 Å². The number of rotatable bonds is 4. The van der Waals surface area contributed by atoms with Crippen LogP contribution in [0, 0.1) is 18.3 Å². The Balaban J connectivity index is 1.19. The molecule has 0 aromatic carbocycles. The lowest BCUT2D eigenvalue weighted by molar-refractivity contribution is -0.148. The number of anilines is 1. The van der Waals surface area contributed by atoms with E-state index in [9.17, 15) is 4.79 Å². The minimum atomic E-state index is -0.0421. The molecule has 3 aliphatic heterocycles. The van der Waals surface area contributed by atoms with Crippen LogP contribution in [0.1, 0.15) is 113 Å². The number of aryl methyl sites for hydroxylation is 1. The Morgan fingerprint density at radius 3 is 2.45 bits per heavy atom. The molecule has 7 rings (SSSR count). The van der Waals surface area contributed by atoms with E-state index >= 15 is 0 Å². The van der Waals surface area contributed by atoms with Gasteiger partial charge in [-0.25, -0.2) is 9.50 Å². The van der Waals surface area contributed by atoms with E-state index in [1.165, 1.54) is 44.9 Å². The first kappa shape index (κ1) is 29.6. The molecule has 4 atom stereocenters. The SMILES string of the molecule is Cc1cn2nc([C@@H]3CCCCN3C(=O)C3CC(n4cnnc4)NCC34CCCCCCCCC4)cc2nc1N1CC[C@H](N)C1. The van der Waals surface area contributed by atoms with Gasteiger partial charge >= 0.3 is 0 Å². The third kappa shape index (κ3) is 5.85. The van der Waals surface area contributed by atoms with Gasteiger partial charge in [0.25, 0.3) is 0 Å². The molecule has 0 radical (unpaired) electrons. The van der Waals surface area contributed by atoms with E-state index in [0.29, 0.717) is 5.91 Å². The molecule has 0 bridgehead atoms. The topological polar surface area (TPSA) is 122 Å². The van der Waals surface area contributed by atoms with Gasteiger partial charge in [-0.15, -0.1) is 10.2 Å². The van der Waals surface area contributed by atoms with Crippen LogP contribution in [0.2, 0.25) is 0 Å². The number of carbonyl (C=O) groups is 1. The van der Waals surface area contributed by atoms with Crippen LogP contribution < -0.4 is 16.0 Å². The quantitative estimate of drug-likeness (QED) is 0.446. The van der Waals surface area contributed by atoms with Gasteiger partial charge in [0, 0.05) is 56.0 Å². The van der Waals surface area contributed by atoms with Gasteiger partial charge in [0.2, 0.25) is 5.91 Å². The number of piperidine rings is 2. The second kappa shape index (κ2) is 12.7. The first-order chi connectivity index (χ1) is 21.5. The summed E-state index contributed by atoms with van der Waals surface area (Å²) < 4.78 is 3.96. The molecular formula is C33H50N10O. The van der Waals surface area contributed by atoms with Crippen molar-refractivity contribution in [1.82, 2.24) is 39.6 Å². The molecule has 4 fully saturated rings. The Kier molecular flexibility index (Phi) is 8.59. The summed E-state index contributed by atoms with van der Waals surface area (Å²) in [5.41, 5.74) is 9.10. The van der Waals surface area contributed by atoms with Crippen molar-refractivity contribution in [3.63, 3.8) is 0 Å². The highest BCUT2D eigenvalue weighted by atomic mass is 16.2. The molecule has 1 aliphatic carbocycles. The highest BCUT2D eigenvalue weighted by molar-refractivity contribution is 5.80. The van der Waals surface area contributed by atoms with Crippen LogP contribution in [0.15, 0.2) is 24.9 Å². The van der Waals surface area contributed by atoms with Crippen molar-refractivity contribution in [1.29, 1.82) is 0 Å². The maximum Gasteiger partial charge on any atom is 0.226 e. The van der Waals surface area contributed by atoms with E-state index in [0.717, 1.165) is 93.8 Å². The lowest BCUT2D eigenvalue weighted by Gasteiger charge is -2.49. The summed E-state index contributed by atoms with van der Waals surface area (Å²) in [4.78, 5) is 24.6. The molecule has 2 unspecified atom stereocenters. The Morgan fingerprint density at radius 2 is 1.73 bits per heavy atom. The number of carbonyl (C=O) groups excluding carboxylic acids is 1. The van der Waals surface area contributed by atoms with Crippen LogP contribution in [0.25, 0.3) is 5.65 Å². The van der Waals surface area contributed by atoms with Gasteiger partial charge < -0.3 is 20.1 Å². The molecule has 3 aromatic heterocycles. The highest BCUT2D eigenvalue weighted by Gasteiger charge is 2.49. The standard InChI is InChI=1S/C33H50N10O/c1-24-19-43-30(38-31(24)40-16-12-25(34)20-40)18-27(39-43)28-11-7-10-15-42(28)32(44)26-17-29(41-22-36-37-23-41)35-21-33(26)13-8-5-3-2-4-6-9-14-33/h18-19,22-23,25-26,28-29,35H,2-17,20-21,34H2,1H3/t25-,26?,28-,29?/m0/s1. The van der Waals surface area contributed by atoms with Crippen LogP contribution >= 0.6 is 0 Å². The molecule has 44 heavy (non-hydrogen) atoms. The van der Waals surface area contributed by atoms with Crippen molar-refractivity contribution in [2.45, 2.75) is 115 Å². The third-order valence-corrected chi connectivity index (χ3v) is 11.1. The maximum absolute atomic E-state index is 15.0. The summed E-state index contributed by atoms with van der Waals surface area (Å²) in [6.07, 6.45) is 21.7. The van der Waals surface area contributed by atoms with E-state index in [-0.39, 0.29) is 29.6 Å². The van der Waals surface area contributed by atoms with E-state index in [4.69, 9.17) is 15.8 Å². The zero-order valence-corrected chi connectivity index (χ0v) is 26.4. The Morgan fingerprint density at radius 1 is 0.977 bits per heavy atom. The summed E-state index contributed by atoms with van der Waals surface area (Å²) >= 11 is 0.